The summed E-state index contributed by atoms with van der Waals surface area (Å²) in [4.78, 5) is 11.3. The quantitative estimate of drug-likeness (QED) is 0.862. The SMILES string of the molecule is CCOC(=O)CC(O)c1cc(Br)c2c(c1)OCO2. The van der Waals surface area contributed by atoms with Gasteiger partial charge in [-0.25, -0.2) is 0 Å². The van der Waals surface area contributed by atoms with Crippen molar-refractivity contribution < 1.29 is 24.1 Å². The molecule has 0 fully saturated rings. The molecule has 0 saturated carbocycles. The fraction of sp³-hybridized carbons (Fsp3) is 0.417. The fourth-order valence-electron chi connectivity index (χ4n) is 1.68. The molecule has 18 heavy (non-hydrogen) atoms. The zero-order valence-corrected chi connectivity index (χ0v) is 11.4. The molecule has 0 spiro atoms. The summed E-state index contributed by atoms with van der Waals surface area (Å²) in [6.45, 7) is 2.18. The van der Waals surface area contributed by atoms with Crippen LogP contribution >= 0.6 is 15.9 Å². The van der Waals surface area contributed by atoms with Crippen molar-refractivity contribution in [3.63, 3.8) is 0 Å². The van der Waals surface area contributed by atoms with Crippen molar-refractivity contribution in [2.75, 3.05) is 13.4 Å². The molecule has 1 unspecified atom stereocenters. The number of ether oxygens (including phenoxy) is 3. The van der Waals surface area contributed by atoms with Crippen molar-refractivity contribution in [3.8, 4) is 11.5 Å². The van der Waals surface area contributed by atoms with Gasteiger partial charge in [-0.15, -0.1) is 0 Å². The summed E-state index contributed by atoms with van der Waals surface area (Å²) in [5, 5.41) is 9.96. The summed E-state index contributed by atoms with van der Waals surface area (Å²) in [5.41, 5.74) is 0.583. The minimum atomic E-state index is -0.921. The van der Waals surface area contributed by atoms with E-state index in [1.807, 2.05) is 0 Å². The third kappa shape index (κ3) is 2.76. The number of aliphatic hydroxyl groups is 1. The van der Waals surface area contributed by atoms with E-state index in [9.17, 15) is 9.90 Å². The Morgan fingerprint density at radius 2 is 2.33 bits per heavy atom. The summed E-state index contributed by atoms with van der Waals surface area (Å²) in [6.07, 6.45) is -1.00. The van der Waals surface area contributed by atoms with E-state index in [4.69, 9.17) is 14.2 Å². The number of benzene rings is 1. The molecular weight excluding hydrogens is 304 g/mol. The number of carbonyl (C=O) groups is 1. The zero-order valence-electron chi connectivity index (χ0n) is 9.81. The molecule has 0 radical (unpaired) electrons. The maximum atomic E-state index is 11.3. The molecule has 0 saturated heterocycles. The van der Waals surface area contributed by atoms with Crippen LogP contribution in [0.1, 0.15) is 25.0 Å². The molecular formula is C12H13BrO5. The summed E-state index contributed by atoms with van der Waals surface area (Å²) in [6, 6.07) is 3.37. The van der Waals surface area contributed by atoms with Crippen LogP contribution in [0.5, 0.6) is 11.5 Å². The van der Waals surface area contributed by atoms with Gasteiger partial charge in [-0.05, 0) is 40.5 Å². The Balaban J connectivity index is 2.13. The Morgan fingerprint density at radius 3 is 3.06 bits per heavy atom. The predicted molar refractivity (Wildman–Crippen MR) is 66.5 cm³/mol. The number of aliphatic hydroxyl groups excluding tert-OH is 1. The number of esters is 1. The largest absolute Gasteiger partial charge is 0.466 e. The lowest BCUT2D eigenvalue weighted by molar-refractivity contribution is -0.145. The second kappa shape index (κ2) is 5.58. The van der Waals surface area contributed by atoms with Crippen LogP contribution in [-0.4, -0.2) is 24.5 Å². The minimum Gasteiger partial charge on any atom is -0.466 e. The maximum absolute atomic E-state index is 11.3. The van der Waals surface area contributed by atoms with Gasteiger partial charge in [-0.3, -0.25) is 4.79 Å². The van der Waals surface area contributed by atoms with Crippen molar-refractivity contribution in [1.29, 1.82) is 0 Å². The second-order valence-corrected chi connectivity index (χ2v) is 4.62. The third-order valence-electron chi connectivity index (χ3n) is 2.50. The van der Waals surface area contributed by atoms with Crippen molar-refractivity contribution in [3.05, 3.63) is 22.2 Å². The third-order valence-corrected chi connectivity index (χ3v) is 3.09. The van der Waals surface area contributed by atoms with Gasteiger partial charge < -0.3 is 19.3 Å². The first-order chi connectivity index (χ1) is 8.61. The molecule has 1 heterocycles. The molecule has 0 bridgehead atoms. The molecule has 1 aliphatic heterocycles. The van der Waals surface area contributed by atoms with Crippen molar-refractivity contribution in [2.45, 2.75) is 19.4 Å². The average Bonchev–Trinajstić information content (AvgIpc) is 2.77. The molecule has 6 heteroatoms. The van der Waals surface area contributed by atoms with E-state index in [0.29, 0.717) is 28.1 Å². The first kappa shape index (κ1) is 13.2. The molecule has 1 aliphatic rings. The van der Waals surface area contributed by atoms with Crippen LogP contribution in [0.15, 0.2) is 16.6 Å². The number of fused-ring (bicyclic) bond motifs is 1. The van der Waals surface area contributed by atoms with Crippen molar-refractivity contribution in [1.82, 2.24) is 0 Å². The van der Waals surface area contributed by atoms with Gasteiger partial charge in [0.15, 0.2) is 11.5 Å². The van der Waals surface area contributed by atoms with E-state index < -0.39 is 12.1 Å². The molecule has 2 rings (SSSR count). The Bertz CT molecular complexity index is 460. The van der Waals surface area contributed by atoms with Gasteiger partial charge in [0.05, 0.1) is 23.6 Å². The van der Waals surface area contributed by atoms with Crippen LogP contribution in [-0.2, 0) is 9.53 Å². The molecule has 0 amide bonds. The van der Waals surface area contributed by atoms with Crippen molar-refractivity contribution in [2.24, 2.45) is 0 Å². The van der Waals surface area contributed by atoms with Crippen LogP contribution in [0, 0.1) is 0 Å². The predicted octanol–water partition coefficient (Wildman–Crippen LogP) is 2.16. The summed E-state index contributed by atoms with van der Waals surface area (Å²) in [5.74, 6) is 0.739. The van der Waals surface area contributed by atoms with Gasteiger partial charge in [0.25, 0.3) is 0 Å². The lowest BCUT2D eigenvalue weighted by atomic mass is 10.1. The van der Waals surface area contributed by atoms with Crippen molar-refractivity contribution >= 4 is 21.9 Å². The van der Waals surface area contributed by atoms with Crippen LogP contribution < -0.4 is 9.47 Å². The molecule has 1 aromatic carbocycles. The monoisotopic (exact) mass is 316 g/mol. The molecule has 5 nitrogen and oxygen atoms in total. The van der Waals surface area contributed by atoms with E-state index in [-0.39, 0.29) is 13.2 Å². The molecule has 1 N–H and O–H groups in total. The molecule has 1 aromatic rings. The zero-order chi connectivity index (χ0) is 13.1. The van der Waals surface area contributed by atoms with Gasteiger partial charge in [0.1, 0.15) is 0 Å². The number of carbonyl (C=O) groups excluding carboxylic acids is 1. The fourth-order valence-corrected chi connectivity index (χ4v) is 2.25. The van der Waals surface area contributed by atoms with E-state index in [1.54, 1.807) is 19.1 Å². The standard InChI is InChI=1S/C12H13BrO5/c1-2-16-11(15)5-9(14)7-3-8(13)12-10(4-7)17-6-18-12/h3-4,9,14H,2,5-6H2,1H3. The Hall–Kier alpha value is -1.27. The molecule has 98 valence electrons. The first-order valence-electron chi connectivity index (χ1n) is 5.54. The van der Waals surface area contributed by atoms with E-state index in [0.717, 1.165) is 0 Å². The van der Waals surface area contributed by atoms with Gasteiger partial charge in [0.2, 0.25) is 6.79 Å². The number of hydrogen-bond acceptors (Lipinski definition) is 5. The van der Waals surface area contributed by atoms with Crippen LogP contribution in [0.2, 0.25) is 0 Å². The van der Waals surface area contributed by atoms with Gasteiger partial charge >= 0.3 is 5.97 Å². The van der Waals surface area contributed by atoms with E-state index >= 15 is 0 Å². The summed E-state index contributed by atoms with van der Waals surface area (Å²) >= 11 is 3.33. The summed E-state index contributed by atoms with van der Waals surface area (Å²) in [7, 11) is 0. The highest BCUT2D eigenvalue weighted by atomic mass is 79.9. The Morgan fingerprint density at radius 1 is 1.56 bits per heavy atom. The average molecular weight is 317 g/mol. The molecule has 0 aromatic heterocycles. The van der Waals surface area contributed by atoms with Crippen LogP contribution in [0.4, 0.5) is 0 Å². The lowest BCUT2D eigenvalue weighted by Crippen LogP contribution is -2.10. The Kier molecular flexibility index (Phi) is 4.08. The number of halogens is 1. The van der Waals surface area contributed by atoms with Crippen LogP contribution in [0.25, 0.3) is 0 Å². The van der Waals surface area contributed by atoms with Gasteiger partial charge in [-0.2, -0.15) is 0 Å². The highest BCUT2D eigenvalue weighted by Gasteiger charge is 2.22. The normalized spacial score (nSPS) is 14.4. The lowest BCUT2D eigenvalue weighted by Gasteiger charge is -2.11. The highest BCUT2D eigenvalue weighted by Crippen LogP contribution is 2.41. The topological polar surface area (TPSA) is 65.0 Å². The molecule has 1 atom stereocenters. The summed E-state index contributed by atoms with van der Waals surface area (Å²) < 4.78 is 16.0. The Labute approximate surface area is 113 Å². The highest BCUT2D eigenvalue weighted by molar-refractivity contribution is 9.10. The number of hydrogen-bond donors (Lipinski definition) is 1. The van der Waals surface area contributed by atoms with Crippen LogP contribution in [0.3, 0.4) is 0 Å². The van der Waals surface area contributed by atoms with E-state index in [1.165, 1.54) is 0 Å². The molecule has 0 aliphatic carbocycles. The van der Waals surface area contributed by atoms with E-state index in [2.05, 4.69) is 15.9 Å². The smallest absolute Gasteiger partial charge is 0.308 e. The second-order valence-electron chi connectivity index (χ2n) is 3.76. The first-order valence-corrected chi connectivity index (χ1v) is 6.33. The van der Waals surface area contributed by atoms with Gasteiger partial charge in [0, 0.05) is 0 Å². The number of rotatable bonds is 4. The van der Waals surface area contributed by atoms with Gasteiger partial charge in [-0.1, -0.05) is 0 Å². The minimum absolute atomic E-state index is 0.0834. The maximum Gasteiger partial charge on any atom is 0.308 e.